The Morgan fingerprint density at radius 3 is 2.67 bits per heavy atom. The van der Waals surface area contributed by atoms with Crippen LogP contribution in [0.1, 0.15) is 15.4 Å². The maximum Gasteiger partial charge on any atom is 0.260 e. The summed E-state index contributed by atoms with van der Waals surface area (Å²) in [6.45, 7) is 1.82. The van der Waals surface area contributed by atoms with Gasteiger partial charge in [-0.05, 0) is 6.92 Å². The van der Waals surface area contributed by atoms with E-state index in [1.807, 2.05) is 6.92 Å². The average Bonchev–Trinajstić information content (AvgIpc) is 2.65. The third kappa shape index (κ3) is 2.32. The minimum absolute atomic E-state index is 0.285. The predicted molar refractivity (Wildman–Crippen MR) is 54.6 cm³/mol. The largest absolute Gasteiger partial charge is 0.296 e. The summed E-state index contributed by atoms with van der Waals surface area (Å²) in [5.41, 5.74) is 0.394. The van der Waals surface area contributed by atoms with Crippen molar-refractivity contribution >= 4 is 22.4 Å². The molecule has 0 spiro atoms. The minimum atomic E-state index is -0.285. The number of anilines is 1. The van der Waals surface area contributed by atoms with Crippen molar-refractivity contribution < 1.29 is 4.79 Å². The quantitative estimate of drug-likeness (QED) is 0.814. The van der Waals surface area contributed by atoms with Crippen LogP contribution in [-0.2, 0) is 0 Å². The van der Waals surface area contributed by atoms with Crippen LogP contribution in [0.25, 0.3) is 0 Å². The number of carbonyl (C=O) groups excluding carboxylic acids is 1. The topological polar surface area (TPSA) is 80.7 Å². The lowest BCUT2D eigenvalue weighted by Crippen LogP contribution is -2.12. The Bertz CT molecular complexity index is 469. The molecule has 2 heterocycles. The summed E-state index contributed by atoms with van der Waals surface area (Å²) < 4.78 is 0. The van der Waals surface area contributed by atoms with Crippen molar-refractivity contribution in [2.75, 3.05) is 5.32 Å². The summed E-state index contributed by atoms with van der Waals surface area (Å²) in [6.07, 6.45) is 4.25. The average molecular weight is 221 g/mol. The minimum Gasteiger partial charge on any atom is -0.296 e. The molecule has 0 aliphatic carbocycles. The lowest BCUT2D eigenvalue weighted by Gasteiger charge is -1.98. The number of hydrogen-bond acceptors (Lipinski definition) is 6. The molecule has 1 amide bonds. The van der Waals surface area contributed by atoms with Crippen molar-refractivity contribution in [1.82, 2.24) is 20.2 Å². The molecule has 0 radical (unpaired) electrons. The van der Waals surface area contributed by atoms with Gasteiger partial charge in [0.05, 0.1) is 5.56 Å². The first kappa shape index (κ1) is 9.66. The zero-order chi connectivity index (χ0) is 10.7. The number of amides is 1. The van der Waals surface area contributed by atoms with E-state index >= 15 is 0 Å². The van der Waals surface area contributed by atoms with Gasteiger partial charge < -0.3 is 0 Å². The van der Waals surface area contributed by atoms with Crippen molar-refractivity contribution in [2.24, 2.45) is 0 Å². The van der Waals surface area contributed by atoms with Gasteiger partial charge in [-0.25, -0.2) is 9.97 Å². The molecule has 7 heteroatoms. The van der Waals surface area contributed by atoms with Crippen LogP contribution in [0.15, 0.2) is 18.7 Å². The lowest BCUT2D eigenvalue weighted by atomic mass is 10.3. The van der Waals surface area contributed by atoms with Crippen LogP contribution >= 0.6 is 11.3 Å². The van der Waals surface area contributed by atoms with Crippen molar-refractivity contribution in [3.8, 4) is 0 Å². The normalized spacial score (nSPS) is 9.93. The van der Waals surface area contributed by atoms with E-state index in [2.05, 4.69) is 25.5 Å². The van der Waals surface area contributed by atoms with Crippen LogP contribution in [0.2, 0.25) is 0 Å². The molecule has 1 N–H and O–H groups in total. The molecule has 0 unspecified atom stereocenters. The number of carbonyl (C=O) groups is 1. The van der Waals surface area contributed by atoms with Gasteiger partial charge in [0.2, 0.25) is 5.13 Å². The van der Waals surface area contributed by atoms with Gasteiger partial charge in [-0.2, -0.15) is 0 Å². The van der Waals surface area contributed by atoms with Crippen LogP contribution < -0.4 is 5.32 Å². The molecule has 0 aliphatic heterocycles. The fourth-order valence-electron chi connectivity index (χ4n) is 0.933. The Kier molecular flexibility index (Phi) is 2.64. The lowest BCUT2D eigenvalue weighted by molar-refractivity contribution is 0.102. The van der Waals surface area contributed by atoms with E-state index in [1.54, 1.807) is 0 Å². The maximum atomic E-state index is 11.6. The molecule has 76 valence electrons. The number of aryl methyl sites for hydroxylation is 1. The zero-order valence-corrected chi connectivity index (χ0v) is 8.65. The Balaban J connectivity index is 2.11. The van der Waals surface area contributed by atoms with E-state index in [-0.39, 0.29) is 5.91 Å². The molecule has 0 saturated carbocycles. The molecule has 0 aromatic carbocycles. The van der Waals surface area contributed by atoms with Gasteiger partial charge in [0.1, 0.15) is 11.3 Å². The molecule has 0 bridgehead atoms. The molecule has 2 aromatic rings. The SMILES string of the molecule is Cc1nnc(NC(=O)c2cncnc2)s1. The first-order valence-electron chi connectivity index (χ1n) is 4.12. The number of aromatic nitrogens is 4. The highest BCUT2D eigenvalue weighted by Gasteiger charge is 2.08. The summed E-state index contributed by atoms with van der Waals surface area (Å²) in [5, 5.41) is 11.4. The van der Waals surface area contributed by atoms with Gasteiger partial charge in [0.25, 0.3) is 5.91 Å². The van der Waals surface area contributed by atoms with E-state index in [0.717, 1.165) is 5.01 Å². The Labute approximate surface area is 89.4 Å². The van der Waals surface area contributed by atoms with Crippen LogP contribution in [0, 0.1) is 6.92 Å². The number of hydrogen-bond donors (Lipinski definition) is 1. The summed E-state index contributed by atoms with van der Waals surface area (Å²) in [6, 6.07) is 0. The van der Waals surface area contributed by atoms with E-state index in [0.29, 0.717) is 10.7 Å². The molecule has 0 saturated heterocycles. The van der Waals surface area contributed by atoms with Gasteiger partial charge in [-0.3, -0.25) is 10.1 Å². The van der Waals surface area contributed by atoms with Crippen LogP contribution in [-0.4, -0.2) is 26.1 Å². The van der Waals surface area contributed by atoms with Crippen LogP contribution in [0.3, 0.4) is 0 Å². The number of rotatable bonds is 2. The standard InChI is InChI=1S/C8H7N5OS/c1-5-12-13-8(15-5)11-7(14)6-2-9-4-10-3-6/h2-4H,1H3,(H,11,13,14). The molecule has 0 aliphatic rings. The predicted octanol–water partition coefficient (Wildman–Crippen LogP) is 0.889. The second-order valence-corrected chi connectivity index (χ2v) is 3.89. The summed E-state index contributed by atoms with van der Waals surface area (Å²) >= 11 is 1.32. The molecule has 0 atom stereocenters. The molecular weight excluding hydrogens is 214 g/mol. The number of nitrogens with one attached hydrogen (secondary N) is 1. The summed E-state index contributed by atoms with van der Waals surface area (Å²) in [7, 11) is 0. The second-order valence-electron chi connectivity index (χ2n) is 2.71. The van der Waals surface area contributed by atoms with Gasteiger partial charge >= 0.3 is 0 Å². The van der Waals surface area contributed by atoms with E-state index in [1.165, 1.54) is 30.1 Å². The molecule has 0 fully saturated rings. The Morgan fingerprint density at radius 2 is 2.07 bits per heavy atom. The molecule has 6 nitrogen and oxygen atoms in total. The van der Waals surface area contributed by atoms with Crippen molar-refractivity contribution in [3.05, 3.63) is 29.3 Å². The van der Waals surface area contributed by atoms with Gasteiger partial charge in [-0.15, -0.1) is 10.2 Å². The smallest absolute Gasteiger partial charge is 0.260 e. The van der Waals surface area contributed by atoms with E-state index in [9.17, 15) is 4.79 Å². The van der Waals surface area contributed by atoms with Gasteiger partial charge in [-0.1, -0.05) is 11.3 Å². The first-order valence-corrected chi connectivity index (χ1v) is 4.94. The van der Waals surface area contributed by atoms with Crippen molar-refractivity contribution in [2.45, 2.75) is 6.92 Å². The van der Waals surface area contributed by atoms with Crippen LogP contribution in [0.4, 0.5) is 5.13 Å². The highest BCUT2D eigenvalue weighted by atomic mass is 32.1. The maximum absolute atomic E-state index is 11.6. The summed E-state index contributed by atoms with van der Waals surface area (Å²) in [5.74, 6) is -0.285. The van der Waals surface area contributed by atoms with Crippen molar-refractivity contribution in [3.63, 3.8) is 0 Å². The molecule has 15 heavy (non-hydrogen) atoms. The fraction of sp³-hybridized carbons (Fsp3) is 0.125. The molecule has 2 rings (SSSR count). The Morgan fingerprint density at radius 1 is 1.33 bits per heavy atom. The Hall–Kier alpha value is -1.89. The van der Waals surface area contributed by atoms with Crippen LogP contribution in [0.5, 0.6) is 0 Å². The third-order valence-electron chi connectivity index (χ3n) is 1.57. The van der Waals surface area contributed by atoms with E-state index in [4.69, 9.17) is 0 Å². The van der Waals surface area contributed by atoms with Gasteiger partial charge in [0, 0.05) is 12.4 Å². The van der Waals surface area contributed by atoms with Crippen molar-refractivity contribution in [1.29, 1.82) is 0 Å². The second kappa shape index (κ2) is 4.09. The zero-order valence-electron chi connectivity index (χ0n) is 7.84. The first-order chi connectivity index (χ1) is 7.25. The van der Waals surface area contributed by atoms with Gasteiger partial charge in [0.15, 0.2) is 0 Å². The fourth-order valence-corrected chi connectivity index (χ4v) is 1.52. The van der Waals surface area contributed by atoms with E-state index < -0.39 is 0 Å². The third-order valence-corrected chi connectivity index (χ3v) is 2.32. The number of nitrogens with zero attached hydrogens (tertiary/aromatic N) is 4. The highest BCUT2D eigenvalue weighted by Crippen LogP contribution is 2.14. The highest BCUT2D eigenvalue weighted by molar-refractivity contribution is 7.15. The summed E-state index contributed by atoms with van der Waals surface area (Å²) in [4.78, 5) is 19.1. The molecule has 2 aromatic heterocycles. The molecular formula is C8H7N5OS. The monoisotopic (exact) mass is 221 g/mol.